The first kappa shape index (κ1) is 19.7. The SMILES string of the molecule is C[C@@]12OCCNc3nc(-c4nn(Cc5ccccc5F)c5ncc(F)cc45)nc(c31)NC2=O. The van der Waals surface area contributed by atoms with Crippen LogP contribution in [0, 0.1) is 11.6 Å². The van der Waals surface area contributed by atoms with E-state index in [4.69, 9.17) is 4.74 Å². The van der Waals surface area contributed by atoms with Crippen LogP contribution in [0.1, 0.15) is 18.1 Å². The molecule has 0 unspecified atom stereocenters. The average molecular weight is 449 g/mol. The Kier molecular flexibility index (Phi) is 4.18. The molecular weight excluding hydrogens is 432 g/mol. The van der Waals surface area contributed by atoms with Gasteiger partial charge in [-0.15, -0.1) is 0 Å². The zero-order chi connectivity index (χ0) is 22.7. The van der Waals surface area contributed by atoms with E-state index < -0.39 is 11.4 Å². The Hall–Kier alpha value is -3.99. The second kappa shape index (κ2) is 7.01. The van der Waals surface area contributed by atoms with E-state index in [9.17, 15) is 13.6 Å². The number of pyridine rings is 1. The Morgan fingerprint density at radius 3 is 2.88 bits per heavy atom. The van der Waals surface area contributed by atoms with Gasteiger partial charge in [-0.3, -0.25) is 4.79 Å². The van der Waals surface area contributed by atoms with Crippen molar-refractivity contribution in [3.8, 4) is 11.5 Å². The molecule has 5 heterocycles. The quantitative estimate of drug-likeness (QED) is 0.495. The number of amides is 1. The molecular formula is C22H17F2N7O2. The molecule has 1 amide bonds. The van der Waals surface area contributed by atoms with Crippen molar-refractivity contribution >= 4 is 28.6 Å². The van der Waals surface area contributed by atoms with Crippen LogP contribution in [0.2, 0.25) is 0 Å². The Morgan fingerprint density at radius 1 is 1.21 bits per heavy atom. The lowest BCUT2D eigenvalue weighted by Gasteiger charge is -2.20. The van der Waals surface area contributed by atoms with Crippen LogP contribution in [0.25, 0.3) is 22.6 Å². The van der Waals surface area contributed by atoms with Gasteiger partial charge in [0, 0.05) is 12.1 Å². The van der Waals surface area contributed by atoms with E-state index in [1.807, 2.05) is 0 Å². The molecule has 9 nitrogen and oxygen atoms in total. The molecule has 6 rings (SSSR count). The fourth-order valence-electron chi connectivity index (χ4n) is 4.24. The Labute approximate surface area is 185 Å². The van der Waals surface area contributed by atoms with Gasteiger partial charge in [-0.1, -0.05) is 18.2 Å². The van der Waals surface area contributed by atoms with Crippen molar-refractivity contribution in [3.63, 3.8) is 0 Å². The highest BCUT2D eigenvalue weighted by Gasteiger charge is 2.48. The number of rotatable bonds is 3. The molecule has 3 aromatic heterocycles. The fraction of sp³-hybridized carbons (Fsp3) is 0.227. The minimum atomic E-state index is -1.20. The normalized spacial score (nSPS) is 19.2. The van der Waals surface area contributed by atoms with Crippen LogP contribution in [0.4, 0.5) is 20.4 Å². The lowest BCUT2D eigenvalue weighted by Crippen LogP contribution is -2.34. The molecule has 2 aliphatic heterocycles. The molecule has 2 aliphatic rings. The number of aromatic nitrogens is 5. The molecule has 0 aliphatic carbocycles. The molecule has 0 saturated heterocycles. The number of benzene rings is 1. The minimum Gasteiger partial charge on any atom is -0.367 e. The van der Waals surface area contributed by atoms with Gasteiger partial charge in [0.15, 0.2) is 17.1 Å². The van der Waals surface area contributed by atoms with Crippen LogP contribution in [0.3, 0.4) is 0 Å². The van der Waals surface area contributed by atoms with Crippen LogP contribution in [0.15, 0.2) is 36.5 Å². The number of nitrogens with zero attached hydrogens (tertiary/aromatic N) is 5. The van der Waals surface area contributed by atoms with Crippen molar-refractivity contribution in [2.24, 2.45) is 0 Å². The molecule has 0 bridgehead atoms. The number of halogens is 2. The summed E-state index contributed by atoms with van der Waals surface area (Å²) in [7, 11) is 0. The van der Waals surface area contributed by atoms with Crippen LogP contribution in [-0.2, 0) is 21.7 Å². The van der Waals surface area contributed by atoms with Gasteiger partial charge >= 0.3 is 0 Å². The van der Waals surface area contributed by atoms with Gasteiger partial charge in [0.25, 0.3) is 5.91 Å². The monoisotopic (exact) mass is 449 g/mol. The lowest BCUT2D eigenvalue weighted by atomic mass is 9.99. The summed E-state index contributed by atoms with van der Waals surface area (Å²) in [5, 5.41) is 10.8. The highest BCUT2D eigenvalue weighted by atomic mass is 19.1. The first-order valence-electron chi connectivity index (χ1n) is 10.3. The Bertz CT molecular complexity index is 1450. The van der Waals surface area contributed by atoms with Crippen molar-refractivity contribution in [1.29, 1.82) is 0 Å². The standard InChI is InChI=1S/C22H17F2N7O2/c1-22-15-17(25-6-7-33-22)27-19(28-18(15)29-21(22)32)16-13-8-12(23)9-26-20(13)31(30-16)10-11-4-2-3-5-14(11)24/h2-5,8-9H,6-7,10H2,1H3,(H2,25,27,28,29,32)/t22-/m1/s1. The number of carbonyl (C=O) groups is 1. The molecule has 2 N–H and O–H groups in total. The zero-order valence-corrected chi connectivity index (χ0v) is 17.4. The van der Waals surface area contributed by atoms with Gasteiger partial charge in [0.05, 0.1) is 30.3 Å². The molecule has 1 atom stereocenters. The largest absolute Gasteiger partial charge is 0.367 e. The molecule has 0 saturated carbocycles. The Balaban J connectivity index is 1.54. The summed E-state index contributed by atoms with van der Waals surface area (Å²) in [6, 6.07) is 7.62. The zero-order valence-electron chi connectivity index (χ0n) is 17.4. The van der Waals surface area contributed by atoms with E-state index in [0.717, 1.165) is 6.20 Å². The van der Waals surface area contributed by atoms with Gasteiger partial charge in [0.2, 0.25) is 0 Å². The van der Waals surface area contributed by atoms with E-state index in [1.165, 1.54) is 16.8 Å². The van der Waals surface area contributed by atoms with Gasteiger partial charge in [-0.2, -0.15) is 5.10 Å². The third kappa shape index (κ3) is 2.96. The average Bonchev–Trinajstić information content (AvgIpc) is 3.19. The molecule has 4 aromatic rings. The number of anilines is 2. The van der Waals surface area contributed by atoms with Crippen LogP contribution in [-0.4, -0.2) is 43.8 Å². The second-order valence-electron chi connectivity index (χ2n) is 8.00. The predicted octanol–water partition coefficient (Wildman–Crippen LogP) is 2.82. The Morgan fingerprint density at radius 2 is 2.03 bits per heavy atom. The molecule has 0 fully saturated rings. The van der Waals surface area contributed by atoms with Crippen molar-refractivity contribution in [3.05, 3.63) is 59.3 Å². The fourth-order valence-corrected chi connectivity index (χ4v) is 4.24. The van der Waals surface area contributed by atoms with Crippen molar-refractivity contribution in [2.75, 3.05) is 23.8 Å². The summed E-state index contributed by atoms with van der Waals surface area (Å²) in [6.07, 6.45) is 1.08. The van der Waals surface area contributed by atoms with E-state index in [0.29, 0.717) is 46.9 Å². The number of nitrogens with one attached hydrogen (secondary N) is 2. The van der Waals surface area contributed by atoms with Crippen molar-refractivity contribution in [2.45, 2.75) is 19.1 Å². The highest BCUT2D eigenvalue weighted by molar-refractivity contribution is 6.06. The predicted molar refractivity (Wildman–Crippen MR) is 114 cm³/mol. The number of fused-ring (bicyclic) bond motifs is 1. The van der Waals surface area contributed by atoms with E-state index in [2.05, 4.69) is 30.7 Å². The molecule has 1 aromatic carbocycles. The molecule has 33 heavy (non-hydrogen) atoms. The maximum atomic E-state index is 14.3. The maximum Gasteiger partial charge on any atom is 0.262 e. The number of hydrogen-bond donors (Lipinski definition) is 2. The first-order chi connectivity index (χ1) is 15.9. The van der Waals surface area contributed by atoms with Crippen LogP contribution >= 0.6 is 0 Å². The molecule has 11 heteroatoms. The van der Waals surface area contributed by atoms with Gasteiger partial charge in [-0.05, 0) is 19.1 Å². The molecule has 166 valence electrons. The summed E-state index contributed by atoms with van der Waals surface area (Å²) >= 11 is 0. The van der Waals surface area contributed by atoms with E-state index >= 15 is 0 Å². The summed E-state index contributed by atoms with van der Waals surface area (Å²) < 4.78 is 35.6. The van der Waals surface area contributed by atoms with Crippen molar-refractivity contribution in [1.82, 2.24) is 24.7 Å². The number of hydrogen-bond acceptors (Lipinski definition) is 7. The highest BCUT2D eigenvalue weighted by Crippen LogP contribution is 2.43. The summed E-state index contributed by atoms with van der Waals surface area (Å²) in [4.78, 5) is 25.9. The van der Waals surface area contributed by atoms with Crippen LogP contribution < -0.4 is 10.6 Å². The second-order valence-corrected chi connectivity index (χ2v) is 8.00. The lowest BCUT2D eigenvalue weighted by molar-refractivity contribution is -0.138. The number of ether oxygens (including phenoxy) is 1. The molecule has 0 spiro atoms. The molecule has 0 radical (unpaired) electrons. The number of carbonyl (C=O) groups excluding carboxylic acids is 1. The third-order valence-electron chi connectivity index (χ3n) is 5.88. The van der Waals surface area contributed by atoms with Gasteiger partial charge in [0.1, 0.15) is 29.0 Å². The van der Waals surface area contributed by atoms with Gasteiger partial charge < -0.3 is 15.4 Å². The summed E-state index contributed by atoms with van der Waals surface area (Å²) in [5.41, 5.74) is 0.347. The maximum absolute atomic E-state index is 14.3. The third-order valence-corrected chi connectivity index (χ3v) is 5.88. The van der Waals surface area contributed by atoms with Gasteiger partial charge in [-0.25, -0.2) is 28.4 Å². The van der Waals surface area contributed by atoms with Crippen molar-refractivity contribution < 1.29 is 18.3 Å². The summed E-state index contributed by atoms with van der Waals surface area (Å²) in [5.74, 6) is -0.358. The van der Waals surface area contributed by atoms with E-state index in [-0.39, 0.29) is 29.8 Å². The first-order valence-corrected chi connectivity index (χ1v) is 10.3. The summed E-state index contributed by atoms with van der Waals surface area (Å²) in [6.45, 7) is 2.51. The topological polar surface area (TPSA) is 107 Å². The minimum absolute atomic E-state index is 0.0838. The smallest absolute Gasteiger partial charge is 0.262 e. The van der Waals surface area contributed by atoms with E-state index in [1.54, 1.807) is 25.1 Å². The van der Waals surface area contributed by atoms with Crippen LogP contribution in [0.5, 0.6) is 0 Å².